The number of ether oxygens (including phenoxy) is 1. The third-order valence-electron chi connectivity index (χ3n) is 2.46. The van der Waals surface area contributed by atoms with Crippen LogP contribution in [0.15, 0.2) is 40.9 Å². The summed E-state index contributed by atoms with van der Waals surface area (Å²) < 4.78 is 19.6. The summed E-state index contributed by atoms with van der Waals surface area (Å²) >= 11 is 3.30. The van der Waals surface area contributed by atoms with E-state index >= 15 is 0 Å². The highest BCUT2D eigenvalue weighted by Crippen LogP contribution is 2.30. The lowest BCUT2D eigenvalue weighted by molar-refractivity contribution is 0.112. The Hall–Kier alpha value is -1.68. The van der Waals surface area contributed by atoms with E-state index in [2.05, 4.69) is 15.9 Å². The van der Waals surface area contributed by atoms with Gasteiger partial charge in [-0.05, 0) is 52.7 Å². The Morgan fingerprint density at radius 3 is 2.61 bits per heavy atom. The van der Waals surface area contributed by atoms with Crippen LogP contribution in [-0.2, 0) is 0 Å². The smallest absolute Gasteiger partial charge is 0.150 e. The summed E-state index contributed by atoms with van der Waals surface area (Å²) in [7, 11) is 0. The number of carbonyl (C=O) groups excluding carboxylic acids is 1. The molecular formula is C14H10BrFO2. The zero-order valence-electron chi connectivity index (χ0n) is 9.61. The van der Waals surface area contributed by atoms with E-state index in [1.165, 1.54) is 6.07 Å². The third kappa shape index (κ3) is 2.76. The predicted molar refractivity (Wildman–Crippen MR) is 70.7 cm³/mol. The Kier molecular flexibility index (Phi) is 3.77. The first-order valence-corrected chi connectivity index (χ1v) is 6.08. The largest absolute Gasteiger partial charge is 0.456 e. The number of hydrogen-bond acceptors (Lipinski definition) is 2. The van der Waals surface area contributed by atoms with Gasteiger partial charge in [0, 0.05) is 11.6 Å². The summed E-state index contributed by atoms with van der Waals surface area (Å²) in [5, 5.41) is 0. The number of carbonyl (C=O) groups is 1. The van der Waals surface area contributed by atoms with Crippen LogP contribution in [0, 0.1) is 12.7 Å². The lowest BCUT2D eigenvalue weighted by Gasteiger charge is -2.08. The summed E-state index contributed by atoms with van der Waals surface area (Å²) in [4.78, 5) is 10.6. The lowest BCUT2D eigenvalue weighted by Crippen LogP contribution is -1.89. The highest BCUT2D eigenvalue weighted by atomic mass is 79.9. The van der Waals surface area contributed by atoms with Crippen LogP contribution in [0.2, 0.25) is 0 Å². The van der Waals surface area contributed by atoms with Crippen LogP contribution in [0.5, 0.6) is 11.5 Å². The van der Waals surface area contributed by atoms with Crippen LogP contribution in [0.4, 0.5) is 4.39 Å². The molecule has 0 N–H and O–H groups in total. The fourth-order valence-corrected chi connectivity index (χ4v) is 1.91. The van der Waals surface area contributed by atoms with Gasteiger partial charge < -0.3 is 4.74 Å². The Labute approximate surface area is 113 Å². The molecule has 2 nitrogen and oxygen atoms in total. The monoisotopic (exact) mass is 308 g/mol. The normalized spacial score (nSPS) is 10.2. The van der Waals surface area contributed by atoms with Crippen molar-refractivity contribution in [3.8, 4) is 11.5 Å². The minimum absolute atomic E-state index is 0.312. The van der Waals surface area contributed by atoms with Crippen molar-refractivity contribution >= 4 is 22.2 Å². The molecule has 0 saturated carbocycles. The van der Waals surface area contributed by atoms with Crippen molar-refractivity contribution < 1.29 is 13.9 Å². The van der Waals surface area contributed by atoms with Gasteiger partial charge in [-0.25, -0.2) is 4.39 Å². The summed E-state index contributed by atoms with van der Waals surface area (Å²) in [5.41, 5.74) is 1.11. The SMILES string of the molecule is Cc1ccc(Oc2ccc(C=O)cc2Br)cc1F. The van der Waals surface area contributed by atoms with Crippen LogP contribution in [-0.4, -0.2) is 6.29 Å². The van der Waals surface area contributed by atoms with Crippen molar-refractivity contribution in [3.05, 3.63) is 57.8 Å². The number of hydrogen-bond donors (Lipinski definition) is 0. The van der Waals surface area contributed by atoms with Crippen molar-refractivity contribution in [1.82, 2.24) is 0 Å². The van der Waals surface area contributed by atoms with Gasteiger partial charge in [0.25, 0.3) is 0 Å². The maximum Gasteiger partial charge on any atom is 0.150 e. The minimum atomic E-state index is -0.312. The molecule has 0 unspecified atom stereocenters. The van der Waals surface area contributed by atoms with Crippen molar-refractivity contribution in [3.63, 3.8) is 0 Å². The topological polar surface area (TPSA) is 26.3 Å². The van der Waals surface area contributed by atoms with Crippen molar-refractivity contribution in [2.24, 2.45) is 0 Å². The molecule has 0 saturated heterocycles. The van der Waals surface area contributed by atoms with Crippen LogP contribution < -0.4 is 4.74 Å². The molecule has 0 atom stereocenters. The van der Waals surface area contributed by atoms with Crippen LogP contribution in [0.3, 0.4) is 0 Å². The maximum atomic E-state index is 13.4. The molecule has 0 heterocycles. The molecule has 0 aliphatic rings. The molecule has 0 aliphatic carbocycles. The van der Waals surface area contributed by atoms with E-state index < -0.39 is 0 Å². The Morgan fingerprint density at radius 1 is 1.22 bits per heavy atom. The summed E-state index contributed by atoms with van der Waals surface area (Å²) in [5.74, 6) is 0.634. The van der Waals surface area contributed by atoms with Gasteiger partial charge in [-0.15, -0.1) is 0 Å². The second-order valence-corrected chi connectivity index (χ2v) is 4.68. The second kappa shape index (κ2) is 5.31. The van der Waals surface area contributed by atoms with Crippen LogP contribution in [0.25, 0.3) is 0 Å². The average molecular weight is 309 g/mol. The standard InChI is InChI=1S/C14H10BrFO2/c1-9-2-4-11(7-13(9)16)18-14-5-3-10(8-17)6-12(14)15/h2-8H,1H3. The Balaban J connectivity index is 2.28. The summed E-state index contributed by atoms with van der Waals surface area (Å²) in [6.07, 6.45) is 0.750. The molecule has 92 valence electrons. The molecule has 0 amide bonds. The first-order valence-electron chi connectivity index (χ1n) is 5.29. The van der Waals surface area contributed by atoms with E-state index in [0.717, 1.165) is 6.29 Å². The number of aldehydes is 1. The number of aryl methyl sites for hydroxylation is 1. The third-order valence-corrected chi connectivity index (χ3v) is 3.08. The predicted octanol–water partition coefficient (Wildman–Crippen LogP) is 4.50. The second-order valence-electron chi connectivity index (χ2n) is 3.82. The van der Waals surface area contributed by atoms with E-state index in [9.17, 15) is 9.18 Å². The van der Waals surface area contributed by atoms with Gasteiger partial charge >= 0.3 is 0 Å². The molecule has 2 aromatic carbocycles. The lowest BCUT2D eigenvalue weighted by atomic mass is 10.2. The van der Waals surface area contributed by atoms with E-state index in [1.807, 2.05) is 0 Å². The van der Waals surface area contributed by atoms with E-state index in [4.69, 9.17) is 4.74 Å². The quantitative estimate of drug-likeness (QED) is 0.780. The average Bonchev–Trinajstić information content (AvgIpc) is 2.36. The zero-order valence-corrected chi connectivity index (χ0v) is 11.2. The Morgan fingerprint density at radius 2 is 2.00 bits per heavy atom. The van der Waals surface area contributed by atoms with Crippen molar-refractivity contribution in [2.75, 3.05) is 0 Å². The van der Waals surface area contributed by atoms with Gasteiger partial charge in [0.15, 0.2) is 0 Å². The molecule has 0 aliphatic heterocycles. The summed E-state index contributed by atoms with van der Waals surface area (Å²) in [6.45, 7) is 1.69. The Bertz CT molecular complexity index is 596. The first-order chi connectivity index (χ1) is 8.60. The first kappa shape index (κ1) is 12.8. The molecular weight excluding hydrogens is 299 g/mol. The molecule has 0 spiro atoms. The molecule has 0 bridgehead atoms. The number of halogens is 2. The molecule has 18 heavy (non-hydrogen) atoms. The fourth-order valence-electron chi connectivity index (χ4n) is 1.44. The zero-order chi connectivity index (χ0) is 13.1. The van der Waals surface area contributed by atoms with E-state index in [-0.39, 0.29) is 5.82 Å². The highest BCUT2D eigenvalue weighted by Gasteiger charge is 2.06. The number of benzene rings is 2. The number of rotatable bonds is 3. The van der Waals surface area contributed by atoms with E-state index in [1.54, 1.807) is 37.3 Å². The van der Waals surface area contributed by atoms with Gasteiger partial charge in [0.1, 0.15) is 23.6 Å². The molecule has 0 aromatic heterocycles. The van der Waals surface area contributed by atoms with Crippen molar-refractivity contribution in [2.45, 2.75) is 6.92 Å². The van der Waals surface area contributed by atoms with Gasteiger partial charge in [-0.1, -0.05) is 6.07 Å². The molecule has 0 fully saturated rings. The van der Waals surface area contributed by atoms with Crippen LogP contribution >= 0.6 is 15.9 Å². The van der Waals surface area contributed by atoms with Crippen molar-refractivity contribution in [1.29, 1.82) is 0 Å². The molecule has 2 aromatic rings. The molecule has 4 heteroatoms. The van der Waals surface area contributed by atoms with E-state index in [0.29, 0.717) is 27.1 Å². The van der Waals surface area contributed by atoms with Crippen LogP contribution in [0.1, 0.15) is 15.9 Å². The molecule has 0 radical (unpaired) electrons. The highest BCUT2D eigenvalue weighted by molar-refractivity contribution is 9.10. The summed E-state index contributed by atoms with van der Waals surface area (Å²) in [6, 6.07) is 9.61. The minimum Gasteiger partial charge on any atom is -0.456 e. The molecule has 2 rings (SSSR count). The van der Waals surface area contributed by atoms with Gasteiger partial charge in [-0.3, -0.25) is 4.79 Å². The van der Waals surface area contributed by atoms with Gasteiger partial charge in [0.05, 0.1) is 4.47 Å². The van der Waals surface area contributed by atoms with Gasteiger partial charge in [-0.2, -0.15) is 0 Å². The fraction of sp³-hybridized carbons (Fsp3) is 0.0714. The maximum absolute atomic E-state index is 13.4. The van der Waals surface area contributed by atoms with Gasteiger partial charge in [0.2, 0.25) is 0 Å².